The highest BCUT2D eigenvalue weighted by Gasteiger charge is 2.10. The van der Waals surface area contributed by atoms with E-state index < -0.39 is 5.97 Å². The van der Waals surface area contributed by atoms with Crippen LogP contribution in [0, 0.1) is 6.92 Å². The molecule has 0 N–H and O–H groups in total. The second kappa shape index (κ2) is 7.42. The molecule has 1 aromatic carbocycles. The first kappa shape index (κ1) is 16.4. The van der Waals surface area contributed by atoms with Gasteiger partial charge in [-0.25, -0.2) is 4.79 Å². The summed E-state index contributed by atoms with van der Waals surface area (Å²) in [6, 6.07) is 11.0. The summed E-state index contributed by atoms with van der Waals surface area (Å²) in [4.78, 5) is 18.1. The van der Waals surface area contributed by atoms with Crippen molar-refractivity contribution < 1.29 is 14.1 Å². The zero-order chi connectivity index (χ0) is 16.9. The summed E-state index contributed by atoms with van der Waals surface area (Å²) >= 11 is 7.44. The maximum atomic E-state index is 11.7. The largest absolute Gasteiger partial charge is 0.452 e. The summed E-state index contributed by atoms with van der Waals surface area (Å²) in [6.07, 6.45) is 3.09. The standard InChI is InChI=1S/C17H13ClN2O3S/c1-11-2-7-14(24-11)8-9-16(21)22-10-15-19-17(20-23-15)12-3-5-13(18)6-4-12/h2-9H,10H2,1H3/b9-8+. The number of rotatable bonds is 5. The molecule has 0 radical (unpaired) electrons. The van der Waals surface area contributed by atoms with Crippen LogP contribution in [0.1, 0.15) is 15.6 Å². The Morgan fingerprint density at radius 3 is 2.79 bits per heavy atom. The minimum Gasteiger partial charge on any atom is -0.452 e. The van der Waals surface area contributed by atoms with Crippen molar-refractivity contribution in [2.24, 2.45) is 0 Å². The summed E-state index contributed by atoms with van der Waals surface area (Å²) in [5, 5.41) is 4.48. The Morgan fingerprint density at radius 1 is 1.29 bits per heavy atom. The summed E-state index contributed by atoms with van der Waals surface area (Å²) in [5.74, 6) is 0.184. The SMILES string of the molecule is Cc1ccc(/C=C/C(=O)OCc2nc(-c3ccc(Cl)cc3)no2)s1. The van der Waals surface area contributed by atoms with Crippen LogP contribution < -0.4 is 0 Å². The molecule has 0 saturated carbocycles. The number of thiophene rings is 1. The molecule has 0 atom stereocenters. The number of aromatic nitrogens is 2. The van der Waals surface area contributed by atoms with Crippen LogP contribution in [0.2, 0.25) is 5.02 Å². The highest BCUT2D eigenvalue weighted by atomic mass is 35.5. The number of carbonyl (C=O) groups excluding carboxylic acids is 1. The van der Waals surface area contributed by atoms with Crippen molar-refractivity contribution in [1.29, 1.82) is 0 Å². The molecule has 0 spiro atoms. The molecule has 24 heavy (non-hydrogen) atoms. The zero-order valence-corrected chi connectivity index (χ0v) is 14.3. The van der Waals surface area contributed by atoms with Crippen molar-refractivity contribution in [2.75, 3.05) is 0 Å². The topological polar surface area (TPSA) is 65.2 Å². The summed E-state index contributed by atoms with van der Waals surface area (Å²) in [5.41, 5.74) is 0.772. The maximum absolute atomic E-state index is 11.7. The van der Waals surface area contributed by atoms with Crippen molar-refractivity contribution >= 4 is 35.0 Å². The van der Waals surface area contributed by atoms with Gasteiger partial charge < -0.3 is 9.26 Å². The van der Waals surface area contributed by atoms with E-state index >= 15 is 0 Å². The monoisotopic (exact) mass is 360 g/mol. The highest BCUT2D eigenvalue weighted by Crippen LogP contribution is 2.19. The molecule has 0 fully saturated rings. The van der Waals surface area contributed by atoms with Crippen LogP contribution in [0.4, 0.5) is 0 Å². The summed E-state index contributed by atoms with van der Waals surface area (Å²) in [7, 11) is 0. The second-order valence-electron chi connectivity index (χ2n) is 4.91. The summed E-state index contributed by atoms with van der Waals surface area (Å²) < 4.78 is 10.2. The van der Waals surface area contributed by atoms with E-state index in [-0.39, 0.29) is 12.5 Å². The third-order valence-electron chi connectivity index (χ3n) is 3.05. The van der Waals surface area contributed by atoms with E-state index in [0.29, 0.717) is 10.8 Å². The van der Waals surface area contributed by atoms with Crippen LogP contribution in [0.15, 0.2) is 47.0 Å². The molecule has 0 aliphatic heterocycles. The van der Waals surface area contributed by atoms with Crippen LogP contribution >= 0.6 is 22.9 Å². The van der Waals surface area contributed by atoms with Gasteiger partial charge in [0, 0.05) is 26.4 Å². The van der Waals surface area contributed by atoms with Crippen LogP contribution in [0.25, 0.3) is 17.5 Å². The first-order valence-corrected chi connectivity index (χ1v) is 8.29. The van der Waals surface area contributed by atoms with E-state index in [4.69, 9.17) is 20.9 Å². The number of halogens is 1. The molecule has 122 valence electrons. The minimum atomic E-state index is -0.465. The van der Waals surface area contributed by atoms with Gasteiger partial charge in [0.05, 0.1) is 0 Å². The van der Waals surface area contributed by atoms with Crippen molar-refractivity contribution in [1.82, 2.24) is 10.1 Å². The van der Waals surface area contributed by atoms with Gasteiger partial charge in [-0.05, 0) is 49.4 Å². The first-order chi connectivity index (χ1) is 11.6. The molecule has 0 amide bonds. The van der Waals surface area contributed by atoms with Gasteiger partial charge in [0.15, 0.2) is 6.61 Å². The lowest BCUT2D eigenvalue weighted by Gasteiger charge is -1.96. The molecule has 5 nitrogen and oxygen atoms in total. The Labute approximate surface area is 147 Å². The van der Waals surface area contributed by atoms with Crippen molar-refractivity contribution in [3.8, 4) is 11.4 Å². The van der Waals surface area contributed by atoms with E-state index in [2.05, 4.69) is 10.1 Å². The number of hydrogen-bond donors (Lipinski definition) is 0. The number of hydrogen-bond acceptors (Lipinski definition) is 6. The van der Waals surface area contributed by atoms with Crippen LogP contribution in [-0.4, -0.2) is 16.1 Å². The van der Waals surface area contributed by atoms with Gasteiger partial charge in [-0.1, -0.05) is 16.8 Å². The number of esters is 1. The lowest BCUT2D eigenvalue weighted by atomic mass is 10.2. The Morgan fingerprint density at radius 2 is 2.08 bits per heavy atom. The molecule has 2 aromatic heterocycles. The lowest BCUT2D eigenvalue weighted by Crippen LogP contribution is -2.00. The van der Waals surface area contributed by atoms with E-state index in [1.54, 1.807) is 41.7 Å². The Hall–Kier alpha value is -2.44. The average molecular weight is 361 g/mol. The molecule has 3 aromatic rings. The fourth-order valence-electron chi connectivity index (χ4n) is 1.90. The van der Waals surface area contributed by atoms with Crippen LogP contribution in [-0.2, 0) is 16.1 Å². The fraction of sp³-hybridized carbons (Fsp3) is 0.118. The van der Waals surface area contributed by atoms with Crippen LogP contribution in [0.5, 0.6) is 0 Å². The van der Waals surface area contributed by atoms with Crippen molar-refractivity contribution in [2.45, 2.75) is 13.5 Å². The van der Waals surface area contributed by atoms with E-state index in [1.807, 2.05) is 19.1 Å². The number of nitrogens with zero attached hydrogens (tertiary/aromatic N) is 2. The molecule has 3 rings (SSSR count). The smallest absolute Gasteiger partial charge is 0.331 e. The molecule has 2 heterocycles. The van der Waals surface area contributed by atoms with E-state index in [0.717, 1.165) is 10.4 Å². The molecule has 0 unspecified atom stereocenters. The van der Waals surface area contributed by atoms with E-state index in [9.17, 15) is 4.79 Å². The molecule has 0 aliphatic rings. The number of aryl methyl sites for hydroxylation is 1. The molecule has 0 aliphatic carbocycles. The zero-order valence-electron chi connectivity index (χ0n) is 12.7. The van der Waals surface area contributed by atoms with Gasteiger partial charge >= 0.3 is 5.97 Å². The van der Waals surface area contributed by atoms with Gasteiger partial charge in [0.25, 0.3) is 5.89 Å². The van der Waals surface area contributed by atoms with Gasteiger partial charge in [0.1, 0.15) is 0 Å². The lowest BCUT2D eigenvalue weighted by molar-refractivity contribution is -0.139. The molecule has 0 bridgehead atoms. The van der Waals surface area contributed by atoms with Crippen LogP contribution in [0.3, 0.4) is 0 Å². The molecular weight excluding hydrogens is 348 g/mol. The second-order valence-corrected chi connectivity index (χ2v) is 6.66. The molecule has 7 heteroatoms. The van der Waals surface area contributed by atoms with E-state index in [1.165, 1.54) is 11.0 Å². The predicted molar refractivity (Wildman–Crippen MR) is 92.6 cm³/mol. The maximum Gasteiger partial charge on any atom is 0.331 e. The third kappa shape index (κ3) is 4.31. The van der Waals surface area contributed by atoms with Crippen molar-refractivity contribution in [3.63, 3.8) is 0 Å². The van der Waals surface area contributed by atoms with Crippen molar-refractivity contribution in [3.05, 3.63) is 63.1 Å². The van der Waals surface area contributed by atoms with Gasteiger partial charge in [0.2, 0.25) is 5.82 Å². The Bertz CT molecular complexity index is 868. The molecular formula is C17H13ClN2O3S. The minimum absolute atomic E-state index is 0.0762. The highest BCUT2D eigenvalue weighted by molar-refractivity contribution is 7.12. The molecule has 0 saturated heterocycles. The Balaban J connectivity index is 1.56. The van der Waals surface area contributed by atoms with Gasteiger partial charge in [-0.15, -0.1) is 11.3 Å². The predicted octanol–water partition coefficient (Wildman–Crippen LogP) is 4.52. The van der Waals surface area contributed by atoms with Gasteiger partial charge in [-0.3, -0.25) is 0 Å². The first-order valence-electron chi connectivity index (χ1n) is 7.10. The normalized spacial score (nSPS) is 11.1. The van der Waals surface area contributed by atoms with Gasteiger partial charge in [-0.2, -0.15) is 4.98 Å². The number of carbonyl (C=O) groups is 1. The number of ether oxygens (including phenoxy) is 1. The average Bonchev–Trinajstić information content (AvgIpc) is 3.21. The fourth-order valence-corrected chi connectivity index (χ4v) is 2.81. The quantitative estimate of drug-likeness (QED) is 0.494. The third-order valence-corrected chi connectivity index (χ3v) is 4.27. The number of benzene rings is 1. The Kier molecular flexibility index (Phi) is 5.08. The summed E-state index contributed by atoms with van der Waals surface area (Å²) in [6.45, 7) is 1.93.